The number of alkyl carbamates (subject to hydrolysis) is 1. The molecule has 8 heteroatoms. The van der Waals surface area contributed by atoms with Crippen LogP contribution in [0.1, 0.15) is 17.0 Å². The van der Waals surface area contributed by atoms with E-state index in [1.165, 1.54) is 0 Å². The van der Waals surface area contributed by atoms with Crippen LogP contribution in [-0.2, 0) is 14.3 Å². The van der Waals surface area contributed by atoms with Crippen molar-refractivity contribution in [3.05, 3.63) is 59.7 Å². The number of rotatable bonds is 7. The third-order valence-electron chi connectivity index (χ3n) is 5.05. The number of ether oxygens (including phenoxy) is 1. The highest BCUT2D eigenvalue weighted by Crippen LogP contribution is 2.44. The molecule has 0 fully saturated rings. The summed E-state index contributed by atoms with van der Waals surface area (Å²) in [6.07, 6.45) is -0.703. The largest absolute Gasteiger partial charge is 0.472 e. The number of hydrogen-bond donors (Lipinski definition) is 3. The molecule has 1 aliphatic carbocycles. The average molecular weight is 435 g/mol. The van der Waals surface area contributed by atoms with Crippen LogP contribution in [0.25, 0.3) is 11.1 Å². The van der Waals surface area contributed by atoms with Crippen molar-refractivity contribution in [3.63, 3.8) is 0 Å². The van der Waals surface area contributed by atoms with Gasteiger partial charge in [-0.25, -0.2) is 9.59 Å². The summed E-state index contributed by atoms with van der Waals surface area (Å²) in [5, 5.41) is 13.6. The Morgan fingerprint density at radius 3 is 2.22 bits per heavy atom. The van der Waals surface area contributed by atoms with Crippen LogP contribution < -0.4 is 10.6 Å². The number of carbonyl (C=O) groups excluding carboxylic acids is 2. The molecule has 0 heterocycles. The summed E-state index contributed by atoms with van der Waals surface area (Å²) in [5.74, 6) is 2.40. The van der Waals surface area contributed by atoms with Crippen molar-refractivity contribution in [1.82, 2.24) is 15.5 Å². The Bertz CT molecular complexity index is 1030. The Morgan fingerprint density at radius 1 is 1.06 bits per heavy atom. The van der Waals surface area contributed by atoms with Crippen LogP contribution >= 0.6 is 0 Å². The molecule has 0 aliphatic heterocycles. The number of fused-ring (bicyclic) bond motifs is 3. The van der Waals surface area contributed by atoms with Gasteiger partial charge in [0, 0.05) is 18.4 Å². The summed E-state index contributed by atoms with van der Waals surface area (Å²) in [5.41, 5.74) is 4.45. The second kappa shape index (κ2) is 10.5. The van der Waals surface area contributed by atoms with Crippen molar-refractivity contribution in [2.45, 2.75) is 12.0 Å². The Hall–Kier alpha value is -3.83. The van der Waals surface area contributed by atoms with Crippen LogP contribution in [0.5, 0.6) is 0 Å². The number of likely N-dealkylation sites (N-methyl/N-ethyl adjacent to an activating group) is 1. The number of amides is 2. The predicted molar refractivity (Wildman–Crippen MR) is 119 cm³/mol. The molecule has 0 spiro atoms. The second-order valence-corrected chi connectivity index (χ2v) is 7.61. The number of nitrogens with one attached hydrogen (secondary N) is 2. The topological polar surface area (TPSA) is 108 Å². The minimum atomic E-state index is -1.28. The van der Waals surface area contributed by atoms with Crippen molar-refractivity contribution in [2.24, 2.45) is 0 Å². The first-order valence-electron chi connectivity index (χ1n) is 10.1. The Kier molecular flexibility index (Phi) is 7.47. The van der Waals surface area contributed by atoms with E-state index < -0.39 is 24.0 Å². The monoisotopic (exact) mass is 435 g/mol. The van der Waals surface area contributed by atoms with Gasteiger partial charge in [0.05, 0.1) is 6.54 Å². The lowest BCUT2D eigenvalue weighted by molar-refractivity contribution is -0.130. The van der Waals surface area contributed by atoms with Gasteiger partial charge >= 0.3 is 12.1 Å². The van der Waals surface area contributed by atoms with E-state index in [-0.39, 0.29) is 25.6 Å². The molecule has 1 aliphatic rings. The van der Waals surface area contributed by atoms with Crippen molar-refractivity contribution in [2.75, 3.05) is 33.8 Å². The van der Waals surface area contributed by atoms with Crippen LogP contribution in [-0.4, -0.2) is 67.8 Å². The number of carbonyl (C=O) groups is 3. The molecule has 166 valence electrons. The van der Waals surface area contributed by atoms with Gasteiger partial charge in [0.25, 0.3) is 0 Å². The van der Waals surface area contributed by atoms with Crippen molar-refractivity contribution < 1.29 is 24.2 Å². The predicted octanol–water partition coefficient (Wildman–Crippen LogP) is 1.66. The van der Waals surface area contributed by atoms with Crippen LogP contribution in [0, 0.1) is 11.8 Å². The number of aliphatic carboxylic acids is 1. The summed E-state index contributed by atoms with van der Waals surface area (Å²) < 4.78 is 5.50. The zero-order valence-corrected chi connectivity index (χ0v) is 17.9. The first-order chi connectivity index (χ1) is 15.4. The molecule has 0 radical (unpaired) electrons. The SMILES string of the molecule is CN(C)CC(NC(=O)OCC1c2ccccc2-c2ccccc21)C(=O)NCC#CC(=O)O. The van der Waals surface area contributed by atoms with Crippen LogP contribution in [0.3, 0.4) is 0 Å². The van der Waals surface area contributed by atoms with Crippen LogP contribution in [0.2, 0.25) is 0 Å². The van der Waals surface area contributed by atoms with Gasteiger partial charge in [0.2, 0.25) is 5.91 Å². The van der Waals surface area contributed by atoms with Gasteiger partial charge < -0.3 is 25.4 Å². The van der Waals surface area contributed by atoms with E-state index in [1.54, 1.807) is 19.0 Å². The first kappa shape index (κ1) is 22.8. The van der Waals surface area contributed by atoms with Gasteiger partial charge in [-0.2, -0.15) is 0 Å². The lowest BCUT2D eigenvalue weighted by Gasteiger charge is -2.22. The molecule has 0 aromatic heterocycles. The highest BCUT2D eigenvalue weighted by atomic mass is 16.5. The minimum Gasteiger partial charge on any atom is -0.472 e. The highest BCUT2D eigenvalue weighted by molar-refractivity contribution is 5.88. The Labute approximate surface area is 186 Å². The van der Waals surface area contributed by atoms with E-state index in [0.717, 1.165) is 22.3 Å². The molecular weight excluding hydrogens is 410 g/mol. The average Bonchev–Trinajstić information content (AvgIpc) is 3.08. The molecule has 1 unspecified atom stereocenters. The van der Waals surface area contributed by atoms with E-state index in [0.29, 0.717) is 0 Å². The molecule has 3 N–H and O–H groups in total. The third kappa shape index (κ3) is 5.65. The number of carboxylic acids is 1. The number of hydrogen-bond acceptors (Lipinski definition) is 5. The first-order valence-corrected chi connectivity index (χ1v) is 10.1. The maximum absolute atomic E-state index is 12.5. The van der Waals surface area contributed by atoms with E-state index in [4.69, 9.17) is 9.84 Å². The van der Waals surface area contributed by atoms with Crippen molar-refractivity contribution >= 4 is 18.0 Å². The molecule has 0 bridgehead atoms. The van der Waals surface area contributed by atoms with E-state index >= 15 is 0 Å². The van der Waals surface area contributed by atoms with E-state index in [2.05, 4.69) is 28.7 Å². The molecule has 2 aromatic carbocycles. The molecular formula is C24H25N3O5. The number of carboxylic acid groups (broad SMARTS) is 1. The zero-order valence-electron chi connectivity index (χ0n) is 17.9. The molecule has 1 atom stereocenters. The van der Waals surface area contributed by atoms with Gasteiger partial charge in [-0.1, -0.05) is 54.5 Å². The fraction of sp³-hybridized carbons (Fsp3) is 0.292. The fourth-order valence-electron chi connectivity index (χ4n) is 3.72. The molecule has 0 saturated carbocycles. The number of benzene rings is 2. The molecule has 2 amide bonds. The van der Waals surface area contributed by atoms with E-state index in [9.17, 15) is 14.4 Å². The summed E-state index contributed by atoms with van der Waals surface area (Å²) in [4.78, 5) is 37.1. The lowest BCUT2D eigenvalue weighted by Crippen LogP contribution is -2.51. The number of nitrogens with zero attached hydrogens (tertiary/aromatic N) is 1. The van der Waals surface area contributed by atoms with Crippen molar-refractivity contribution in [1.29, 1.82) is 0 Å². The zero-order chi connectivity index (χ0) is 23.1. The molecule has 8 nitrogen and oxygen atoms in total. The maximum atomic E-state index is 12.5. The Balaban J connectivity index is 1.62. The van der Waals surface area contributed by atoms with Crippen LogP contribution in [0.15, 0.2) is 48.5 Å². The summed E-state index contributed by atoms with van der Waals surface area (Å²) in [7, 11) is 3.54. The summed E-state index contributed by atoms with van der Waals surface area (Å²) in [6, 6.07) is 15.2. The standard InChI is InChI=1S/C24H25N3O5/c1-27(2)14-21(23(30)25-13-7-12-22(28)29)26-24(31)32-15-20-18-10-5-3-8-16(18)17-9-4-6-11-19(17)20/h3-6,8-11,20-21H,13-15H2,1-2H3,(H,25,30)(H,26,31)(H,28,29). The smallest absolute Gasteiger partial charge is 0.407 e. The van der Waals surface area contributed by atoms with Gasteiger partial charge in [-0.05, 0) is 36.3 Å². The van der Waals surface area contributed by atoms with Crippen LogP contribution in [0.4, 0.5) is 4.79 Å². The van der Waals surface area contributed by atoms with Crippen molar-refractivity contribution in [3.8, 4) is 23.0 Å². The van der Waals surface area contributed by atoms with Gasteiger partial charge in [-0.3, -0.25) is 4.79 Å². The molecule has 32 heavy (non-hydrogen) atoms. The second-order valence-electron chi connectivity index (χ2n) is 7.61. The van der Waals surface area contributed by atoms with Gasteiger partial charge in [-0.15, -0.1) is 0 Å². The summed E-state index contributed by atoms with van der Waals surface area (Å²) >= 11 is 0. The quantitative estimate of drug-likeness (QED) is 0.571. The van der Waals surface area contributed by atoms with Gasteiger partial charge in [0.1, 0.15) is 12.6 Å². The minimum absolute atomic E-state index is 0.0828. The highest BCUT2D eigenvalue weighted by Gasteiger charge is 2.29. The normalized spacial score (nSPS) is 12.7. The van der Waals surface area contributed by atoms with E-state index in [1.807, 2.05) is 42.3 Å². The molecule has 3 rings (SSSR count). The lowest BCUT2D eigenvalue weighted by atomic mass is 9.98. The van der Waals surface area contributed by atoms with Gasteiger partial charge in [0.15, 0.2) is 0 Å². The summed E-state index contributed by atoms with van der Waals surface area (Å²) in [6.45, 7) is 0.240. The third-order valence-corrected chi connectivity index (χ3v) is 5.05. The maximum Gasteiger partial charge on any atom is 0.407 e. The molecule has 2 aromatic rings. The Morgan fingerprint density at radius 2 is 1.66 bits per heavy atom. The fourth-order valence-corrected chi connectivity index (χ4v) is 3.72. The molecule has 0 saturated heterocycles.